The quantitative estimate of drug-likeness (QED) is 0.873. The van der Waals surface area contributed by atoms with Gasteiger partial charge in [-0.3, -0.25) is 0 Å². The van der Waals surface area contributed by atoms with E-state index in [9.17, 15) is 10.2 Å². The van der Waals surface area contributed by atoms with Crippen LogP contribution in [0, 0.1) is 6.92 Å². The molecule has 1 aliphatic carbocycles. The highest BCUT2D eigenvalue weighted by Crippen LogP contribution is 2.36. The monoisotopic (exact) mass is 277 g/mol. The van der Waals surface area contributed by atoms with Crippen LogP contribution in [-0.4, -0.2) is 45.5 Å². The maximum atomic E-state index is 10.1. The van der Waals surface area contributed by atoms with Gasteiger partial charge >= 0.3 is 0 Å². The summed E-state index contributed by atoms with van der Waals surface area (Å²) in [6, 6.07) is 2.10. The van der Waals surface area contributed by atoms with Gasteiger partial charge in [0.05, 0.1) is 12.2 Å². The number of aryl methyl sites for hydroxylation is 1. The fraction of sp³-hybridized carbons (Fsp3) is 0.733. The number of anilines is 1. The highest BCUT2D eigenvalue weighted by atomic mass is 16.3. The van der Waals surface area contributed by atoms with Gasteiger partial charge in [0.15, 0.2) is 0 Å². The minimum absolute atomic E-state index is 0.164. The number of aromatic nitrogens is 2. The third-order valence-corrected chi connectivity index (χ3v) is 4.66. The Morgan fingerprint density at radius 3 is 2.55 bits per heavy atom. The molecule has 3 rings (SSSR count). The number of aliphatic hydroxyl groups excluding tert-OH is 1. The van der Waals surface area contributed by atoms with E-state index in [0.717, 1.165) is 11.6 Å². The first-order chi connectivity index (χ1) is 9.59. The fourth-order valence-electron chi connectivity index (χ4n) is 2.91. The number of piperidine rings is 1. The Bertz CT molecular complexity index is 480. The second-order valence-corrected chi connectivity index (χ2v) is 6.23. The minimum Gasteiger partial charge on any atom is -0.393 e. The number of rotatable bonds is 3. The van der Waals surface area contributed by atoms with Crippen molar-refractivity contribution in [2.75, 3.05) is 24.6 Å². The van der Waals surface area contributed by atoms with Crippen molar-refractivity contribution in [1.82, 2.24) is 9.97 Å². The molecule has 0 amide bonds. The zero-order valence-corrected chi connectivity index (χ0v) is 12.0. The summed E-state index contributed by atoms with van der Waals surface area (Å²) in [7, 11) is 0. The number of hydrogen-bond donors (Lipinski definition) is 2. The van der Waals surface area contributed by atoms with Crippen LogP contribution in [0.3, 0.4) is 0 Å². The lowest BCUT2D eigenvalue weighted by molar-refractivity contribution is -0.0327. The summed E-state index contributed by atoms with van der Waals surface area (Å²) in [4.78, 5) is 11.4. The number of hydrogen-bond acceptors (Lipinski definition) is 5. The smallest absolute Gasteiger partial charge is 0.225 e. The summed E-state index contributed by atoms with van der Waals surface area (Å²) in [6.07, 6.45) is 4.91. The van der Waals surface area contributed by atoms with E-state index < -0.39 is 5.60 Å². The summed E-state index contributed by atoms with van der Waals surface area (Å²) in [5.41, 5.74) is 1.26. The van der Waals surface area contributed by atoms with Crippen LogP contribution in [0.2, 0.25) is 0 Å². The highest BCUT2D eigenvalue weighted by molar-refractivity contribution is 5.34. The lowest BCUT2D eigenvalue weighted by atomic mass is 9.82. The summed E-state index contributed by atoms with van der Waals surface area (Å²) in [6.45, 7) is 3.25. The van der Waals surface area contributed by atoms with Crippen molar-refractivity contribution in [3.05, 3.63) is 17.5 Å². The molecule has 0 unspecified atom stereocenters. The van der Waals surface area contributed by atoms with E-state index in [0.29, 0.717) is 31.8 Å². The molecular weight excluding hydrogens is 254 g/mol. The van der Waals surface area contributed by atoms with Gasteiger partial charge in [0, 0.05) is 30.4 Å². The predicted octanol–water partition coefficient (Wildman–Crippen LogP) is 1.38. The first-order valence-corrected chi connectivity index (χ1v) is 7.53. The molecule has 1 aromatic rings. The molecule has 1 aromatic heterocycles. The van der Waals surface area contributed by atoms with E-state index in [2.05, 4.69) is 16.0 Å². The Hall–Kier alpha value is -1.20. The van der Waals surface area contributed by atoms with Gasteiger partial charge in [-0.25, -0.2) is 9.97 Å². The number of nitrogens with zero attached hydrogens (tertiary/aromatic N) is 3. The van der Waals surface area contributed by atoms with Crippen molar-refractivity contribution in [2.45, 2.75) is 50.5 Å². The van der Waals surface area contributed by atoms with Crippen molar-refractivity contribution in [2.24, 2.45) is 0 Å². The van der Waals surface area contributed by atoms with Crippen molar-refractivity contribution in [3.63, 3.8) is 0 Å². The molecule has 110 valence electrons. The minimum atomic E-state index is -0.920. The molecule has 0 bridgehead atoms. The standard InChI is InChI=1S/C15H23N3O2/c1-11-9-13(12-3-2-4-12)17-14(16-11)18-7-5-15(20,10-19)6-8-18/h9,12,19-20H,2-8,10H2,1H3. The van der Waals surface area contributed by atoms with E-state index in [1.54, 1.807) is 0 Å². The number of aliphatic hydroxyl groups is 2. The van der Waals surface area contributed by atoms with E-state index in [-0.39, 0.29) is 6.61 Å². The van der Waals surface area contributed by atoms with E-state index >= 15 is 0 Å². The normalized spacial score (nSPS) is 22.6. The third kappa shape index (κ3) is 2.65. The Labute approximate surface area is 119 Å². The Morgan fingerprint density at radius 2 is 2.00 bits per heavy atom. The average molecular weight is 277 g/mol. The molecular formula is C15H23N3O2. The van der Waals surface area contributed by atoms with Gasteiger partial charge < -0.3 is 15.1 Å². The van der Waals surface area contributed by atoms with Gasteiger partial charge in [0.2, 0.25) is 5.95 Å². The van der Waals surface area contributed by atoms with E-state index in [1.807, 2.05) is 6.92 Å². The van der Waals surface area contributed by atoms with Gasteiger partial charge in [-0.05, 0) is 38.7 Å². The first kappa shape index (κ1) is 13.8. The zero-order chi connectivity index (χ0) is 14.2. The fourth-order valence-corrected chi connectivity index (χ4v) is 2.91. The molecule has 2 N–H and O–H groups in total. The highest BCUT2D eigenvalue weighted by Gasteiger charge is 2.32. The van der Waals surface area contributed by atoms with Gasteiger partial charge in [-0.15, -0.1) is 0 Å². The zero-order valence-electron chi connectivity index (χ0n) is 12.0. The van der Waals surface area contributed by atoms with Crippen molar-refractivity contribution >= 4 is 5.95 Å². The maximum Gasteiger partial charge on any atom is 0.225 e. The van der Waals surface area contributed by atoms with Crippen LogP contribution in [0.4, 0.5) is 5.95 Å². The summed E-state index contributed by atoms with van der Waals surface area (Å²) < 4.78 is 0. The predicted molar refractivity (Wildman–Crippen MR) is 76.8 cm³/mol. The molecule has 5 nitrogen and oxygen atoms in total. The lowest BCUT2D eigenvalue weighted by Crippen LogP contribution is -2.47. The van der Waals surface area contributed by atoms with Crippen LogP contribution in [0.5, 0.6) is 0 Å². The Kier molecular flexibility index (Phi) is 3.65. The summed E-state index contributed by atoms with van der Waals surface area (Å²) in [5, 5.41) is 19.3. The molecule has 0 aromatic carbocycles. The molecule has 0 spiro atoms. The van der Waals surface area contributed by atoms with Gasteiger partial charge in [0.25, 0.3) is 0 Å². The molecule has 2 heterocycles. The van der Waals surface area contributed by atoms with Crippen LogP contribution in [0.1, 0.15) is 49.4 Å². The molecule has 2 fully saturated rings. The third-order valence-electron chi connectivity index (χ3n) is 4.66. The first-order valence-electron chi connectivity index (χ1n) is 7.53. The van der Waals surface area contributed by atoms with Gasteiger partial charge in [-0.1, -0.05) is 6.42 Å². The van der Waals surface area contributed by atoms with E-state index in [4.69, 9.17) is 4.98 Å². The molecule has 1 saturated heterocycles. The Morgan fingerprint density at radius 1 is 1.30 bits per heavy atom. The molecule has 1 aliphatic heterocycles. The second kappa shape index (κ2) is 5.30. The Balaban J connectivity index is 1.75. The second-order valence-electron chi connectivity index (χ2n) is 6.23. The molecule has 0 radical (unpaired) electrons. The van der Waals surface area contributed by atoms with Crippen LogP contribution >= 0.6 is 0 Å². The molecule has 5 heteroatoms. The van der Waals surface area contributed by atoms with Crippen molar-refractivity contribution < 1.29 is 10.2 Å². The van der Waals surface area contributed by atoms with Crippen molar-refractivity contribution in [3.8, 4) is 0 Å². The summed E-state index contributed by atoms with van der Waals surface area (Å²) >= 11 is 0. The van der Waals surface area contributed by atoms with Crippen LogP contribution in [0.15, 0.2) is 6.07 Å². The van der Waals surface area contributed by atoms with Crippen LogP contribution in [-0.2, 0) is 0 Å². The van der Waals surface area contributed by atoms with Crippen LogP contribution < -0.4 is 4.90 Å². The SMILES string of the molecule is Cc1cc(C2CCC2)nc(N2CCC(O)(CO)CC2)n1. The van der Waals surface area contributed by atoms with E-state index in [1.165, 1.54) is 25.0 Å². The molecule has 20 heavy (non-hydrogen) atoms. The van der Waals surface area contributed by atoms with Gasteiger partial charge in [-0.2, -0.15) is 0 Å². The largest absolute Gasteiger partial charge is 0.393 e. The summed E-state index contributed by atoms with van der Waals surface area (Å²) in [5.74, 6) is 1.39. The van der Waals surface area contributed by atoms with Crippen molar-refractivity contribution in [1.29, 1.82) is 0 Å². The lowest BCUT2D eigenvalue weighted by Gasteiger charge is -2.37. The molecule has 0 atom stereocenters. The average Bonchev–Trinajstić information content (AvgIpc) is 2.37. The maximum absolute atomic E-state index is 10.1. The molecule has 1 saturated carbocycles. The van der Waals surface area contributed by atoms with Gasteiger partial charge in [0.1, 0.15) is 0 Å². The van der Waals surface area contributed by atoms with Crippen LogP contribution in [0.25, 0.3) is 0 Å². The molecule has 2 aliphatic rings. The topological polar surface area (TPSA) is 69.5 Å².